The van der Waals surface area contributed by atoms with E-state index in [0.29, 0.717) is 39.4 Å². The van der Waals surface area contributed by atoms with Crippen molar-refractivity contribution in [3.8, 4) is 6.07 Å². The lowest BCUT2D eigenvalue weighted by atomic mass is 9.90. The number of piperazine rings is 1. The summed E-state index contributed by atoms with van der Waals surface area (Å²) in [7, 11) is 2.06. The van der Waals surface area contributed by atoms with Crippen LogP contribution in [0.15, 0.2) is 60.7 Å². The molecule has 13 nitrogen and oxygen atoms in total. The number of nitriles is 1. The number of anilines is 3. The van der Waals surface area contributed by atoms with E-state index in [1.807, 2.05) is 30.3 Å². The highest BCUT2D eigenvalue weighted by Crippen LogP contribution is 2.33. The SMILES string of the molecule is CN(c1ccc(C#N)c(Cl)c1)[C@H]1CC[C@H](NC(=O)c2ccc(N3CCN(C4CCN(c5ccc6c(c5)C(=O)N(C5CCC(=O)NC5=O)C6=O)CC4)CC3)cc2)CC1. The monoisotopic (exact) mass is 790 g/mol. The second kappa shape index (κ2) is 16.2. The van der Waals surface area contributed by atoms with Crippen molar-refractivity contribution < 1.29 is 24.0 Å². The largest absolute Gasteiger partial charge is 0.372 e. The molecular formula is C43H47ClN8O5. The first-order chi connectivity index (χ1) is 27.6. The summed E-state index contributed by atoms with van der Waals surface area (Å²) in [6.45, 7) is 5.38. The molecule has 0 radical (unpaired) electrons. The molecule has 3 saturated heterocycles. The predicted octanol–water partition coefficient (Wildman–Crippen LogP) is 4.58. The lowest BCUT2D eigenvalue weighted by molar-refractivity contribution is -0.136. The zero-order valence-electron chi connectivity index (χ0n) is 32.1. The molecule has 1 atom stereocenters. The zero-order valence-corrected chi connectivity index (χ0v) is 32.8. The van der Waals surface area contributed by atoms with E-state index in [1.165, 1.54) is 0 Å². The first kappa shape index (κ1) is 38.4. The number of rotatable bonds is 8. The van der Waals surface area contributed by atoms with Gasteiger partial charge in [-0.1, -0.05) is 11.6 Å². The van der Waals surface area contributed by atoms with Gasteiger partial charge in [-0.25, -0.2) is 0 Å². The summed E-state index contributed by atoms with van der Waals surface area (Å²) in [6, 6.07) is 20.9. The molecule has 5 amide bonds. The Morgan fingerprint density at radius 1 is 0.789 bits per heavy atom. The molecule has 0 bridgehead atoms. The highest BCUT2D eigenvalue weighted by molar-refractivity contribution is 6.32. The van der Waals surface area contributed by atoms with Crippen molar-refractivity contribution in [3.63, 3.8) is 0 Å². The van der Waals surface area contributed by atoms with Crippen LogP contribution in [0, 0.1) is 11.3 Å². The number of nitrogens with zero attached hydrogens (tertiary/aromatic N) is 6. The van der Waals surface area contributed by atoms with Gasteiger partial charge >= 0.3 is 0 Å². The Morgan fingerprint density at radius 3 is 2.12 bits per heavy atom. The van der Waals surface area contributed by atoms with Crippen LogP contribution in [0.1, 0.15) is 88.0 Å². The molecule has 2 N–H and O–H groups in total. The van der Waals surface area contributed by atoms with Crippen molar-refractivity contribution in [1.29, 1.82) is 5.26 Å². The number of hydrogen-bond donors (Lipinski definition) is 2. The summed E-state index contributed by atoms with van der Waals surface area (Å²) in [5, 5.41) is 15.1. The predicted molar refractivity (Wildman–Crippen MR) is 217 cm³/mol. The Morgan fingerprint density at radius 2 is 1.46 bits per heavy atom. The van der Waals surface area contributed by atoms with Gasteiger partial charge in [0, 0.05) is 93.5 Å². The molecule has 0 aromatic heterocycles. The average Bonchev–Trinajstić information content (AvgIpc) is 3.48. The van der Waals surface area contributed by atoms with E-state index in [4.69, 9.17) is 11.6 Å². The van der Waals surface area contributed by atoms with Gasteiger partial charge in [-0.2, -0.15) is 5.26 Å². The molecule has 4 aliphatic heterocycles. The molecule has 57 heavy (non-hydrogen) atoms. The summed E-state index contributed by atoms with van der Waals surface area (Å²) in [6.07, 6.45) is 5.91. The first-order valence-electron chi connectivity index (χ1n) is 20.0. The van der Waals surface area contributed by atoms with Crippen LogP contribution in [0.2, 0.25) is 5.02 Å². The maximum atomic E-state index is 13.3. The molecule has 296 valence electrons. The lowest BCUT2D eigenvalue weighted by Crippen LogP contribution is -2.54. The van der Waals surface area contributed by atoms with Crippen molar-refractivity contribution in [2.75, 3.05) is 61.0 Å². The van der Waals surface area contributed by atoms with Gasteiger partial charge < -0.3 is 20.0 Å². The molecule has 3 aromatic rings. The normalized spacial score (nSPS) is 23.2. The number of imide groups is 2. The Bertz CT molecular complexity index is 2110. The molecule has 1 saturated carbocycles. The van der Waals surface area contributed by atoms with E-state index in [2.05, 4.69) is 55.5 Å². The zero-order chi connectivity index (χ0) is 39.8. The summed E-state index contributed by atoms with van der Waals surface area (Å²) in [5.41, 5.74) is 4.75. The molecule has 0 spiro atoms. The lowest BCUT2D eigenvalue weighted by Gasteiger charge is -2.44. The fourth-order valence-electron chi connectivity index (χ4n) is 9.21. The minimum Gasteiger partial charge on any atom is -0.372 e. The van der Waals surface area contributed by atoms with E-state index < -0.39 is 29.7 Å². The number of amides is 5. The summed E-state index contributed by atoms with van der Waals surface area (Å²) in [4.78, 5) is 74.2. The number of fused-ring (bicyclic) bond motifs is 1. The third kappa shape index (κ3) is 7.81. The van der Waals surface area contributed by atoms with E-state index in [0.717, 1.165) is 99.8 Å². The fourth-order valence-corrected chi connectivity index (χ4v) is 9.43. The molecule has 14 heteroatoms. The number of carbonyl (C=O) groups excluding carboxylic acids is 5. The smallest absolute Gasteiger partial charge is 0.262 e. The minimum atomic E-state index is -0.972. The van der Waals surface area contributed by atoms with Crippen LogP contribution in [0.25, 0.3) is 0 Å². The van der Waals surface area contributed by atoms with E-state index in [-0.39, 0.29) is 24.8 Å². The Labute approximate surface area is 337 Å². The number of benzene rings is 3. The van der Waals surface area contributed by atoms with Crippen molar-refractivity contribution in [2.45, 2.75) is 75.5 Å². The Balaban J connectivity index is 0.776. The van der Waals surface area contributed by atoms with Gasteiger partial charge in [0.25, 0.3) is 17.7 Å². The topological polar surface area (TPSA) is 149 Å². The van der Waals surface area contributed by atoms with Crippen molar-refractivity contribution in [3.05, 3.63) is 87.9 Å². The Hall–Kier alpha value is -5.45. The molecule has 1 unspecified atom stereocenters. The van der Waals surface area contributed by atoms with Gasteiger partial charge in [-0.05, 0) is 106 Å². The van der Waals surface area contributed by atoms with Crippen LogP contribution >= 0.6 is 11.6 Å². The second-order valence-corrected chi connectivity index (χ2v) is 16.2. The van der Waals surface area contributed by atoms with Crippen LogP contribution in [0.3, 0.4) is 0 Å². The van der Waals surface area contributed by atoms with Crippen LogP contribution < -0.4 is 25.3 Å². The van der Waals surface area contributed by atoms with E-state index in [9.17, 15) is 29.2 Å². The maximum Gasteiger partial charge on any atom is 0.262 e. The highest BCUT2D eigenvalue weighted by atomic mass is 35.5. The number of nitrogens with one attached hydrogen (secondary N) is 2. The minimum absolute atomic E-state index is 0.0393. The van der Waals surface area contributed by atoms with E-state index in [1.54, 1.807) is 18.2 Å². The summed E-state index contributed by atoms with van der Waals surface area (Å²) in [5.74, 6) is -2.01. The third-order valence-corrected chi connectivity index (χ3v) is 13.0. The van der Waals surface area contributed by atoms with Gasteiger partial charge in [0.15, 0.2) is 0 Å². The summed E-state index contributed by atoms with van der Waals surface area (Å²) >= 11 is 6.27. The molecule has 8 rings (SSSR count). The second-order valence-electron chi connectivity index (χ2n) is 15.8. The van der Waals surface area contributed by atoms with Crippen LogP contribution in [-0.2, 0) is 9.59 Å². The fraction of sp³-hybridized carbons (Fsp3) is 0.442. The highest BCUT2D eigenvalue weighted by Gasteiger charge is 2.45. The van der Waals surface area contributed by atoms with Gasteiger partial charge in [-0.3, -0.25) is 39.1 Å². The van der Waals surface area contributed by atoms with Crippen LogP contribution in [0.5, 0.6) is 0 Å². The van der Waals surface area contributed by atoms with Gasteiger partial charge in [0.05, 0.1) is 21.7 Å². The van der Waals surface area contributed by atoms with Crippen molar-refractivity contribution >= 4 is 58.2 Å². The van der Waals surface area contributed by atoms with Crippen molar-refractivity contribution in [1.82, 2.24) is 20.4 Å². The number of halogens is 1. The standard InChI is InChI=1S/C43H47ClN8O5/c1-48(33-9-4-28(26-45)37(44)25-33)30-10-5-29(6-11-30)46-40(54)27-2-7-31(8-3-27)50-20-22-51(23-21-50)32-16-18-49(19-17-32)34-12-13-35-36(24-34)43(57)52(42(35)56)38-14-15-39(53)47-41(38)55/h2-4,7-9,12-13,24-25,29-30,32,38H,5-6,10-11,14-23H2,1H3,(H,46,54)(H,47,53,55)/t29-,30-,38?. The van der Waals surface area contributed by atoms with Gasteiger partial charge in [0.2, 0.25) is 11.8 Å². The van der Waals surface area contributed by atoms with E-state index >= 15 is 0 Å². The molecule has 3 aromatic carbocycles. The number of hydrogen-bond acceptors (Lipinski definition) is 10. The van der Waals surface area contributed by atoms with Crippen LogP contribution in [0.4, 0.5) is 17.1 Å². The van der Waals surface area contributed by atoms with Crippen molar-refractivity contribution in [2.24, 2.45) is 0 Å². The molecule has 4 heterocycles. The molecule has 5 aliphatic rings. The third-order valence-electron chi connectivity index (χ3n) is 12.6. The summed E-state index contributed by atoms with van der Waals surface area (Å²) < 4.78 is 0. The Kier molecular flexibility index (Phi) is 10.9. The quantitative estimate of drug-likeness (QED) is 0.311. The number of piperidine rings is 2. The van der Waals surface area contributed by atoms with Crippen LogP contribution in [-0.4, -0.2) is 110 Å². The number of carbonyl (C=O) groups is 5. The van der Waals surface area contributed by atoms with Gasteiger partial charge in [0.1, 0.15) is 12.1 Å². The molecule has 4 fully saturated rings. The molecular weight excluding hydrogens is 744 g/mol. The average molecular weight is 791 g/mol. The first-order valence-corrected chi connectivity index (χ1v) is 20.4. The maximum absolute atomic E-state index is 13.3. The molecule has 1 aliphatic carbocycles. The van der Waals surface area contributed by atoms with Gasteiger partial charge in [-0.15, -0.1) is 0 Å².